The first-order chi connectivity index (χ1) is 7.24. The van der Waals surface area contributed by atoms with Gasteiger partial charge in [0.15, 0.2) is 0 Å². The Kier molecular flexibility index (Phi) is 2.76. The first-order valence-corrected chi connectivity index (χ1v) is 5.61. The van der Waals surface area contributed by atoms with Gasteiger partial charge in [-0.05, 0) is 49.8 Å². The van der Waals surface area contributed by atoms with E-state index in [-0.39, 0.29) is 5.91 Å². The second-order valence-electron chi connectivity index (χ2n) is 4.17. The maximum atomic E-state index is 11.8. The van der Waals surface area contributed by atoms with Gasteiger partial charge in [0.25, 0.3) is 5.91 Å². The third kappa shape index (κ3) is 2.04. The van der Waals surface area contributed by atoms with Crippen molar-refractivity contribution in [1.29, 1.82) is 0 Å². The molecule has 2 heteroatoms. The predicted molar refractivity (Wildman–Crippen MR) is 61.2 cm³/mol. The molecule has 15 heavy (non-hydrogen) atoms. The first-order valence-electron chi connectivity index (χ1n) is 5.61. The van der Waals surface area contributed by atoms with Crippen molar-refractivity contribution in [2.45, 2.75) is 32.6 Å². The molecule has 1 aliphatic carbocycles. The molecule has 80 valence electrons. The third-order valence-corrected chi connectivity index (χ3v) is 2.89. The summed E-state index contributed by atoms with van der Waals surface area (Å²) in [5.74, 6) is 0.701. The number of hydrogen-bond donors (Lipinski definition) is 1. The van der Waals surface area contributed by atoms with E-state index in [2.05, 4.69) is 18.3 Å². The minimum atomic E-state index is 0.0723. The molecule has 1 amide bonds. The van der Waals surface area contributed by atoms with Gasteiger partial charge in [-0.2, -0.15) is 0 Å². The lowest BCUT2D eigenvalue weighted by Gasteiger charge is -2.11. The Morgan fingerprint density at radius 2 is 2.20 bits per heavy atom. The Hall–Kier alpha value is -1.31. The quantitative estimate of drug-likeness (QED) is 0.804. The number of nitrogens with one attached hydrogen (secondary N) is 1. The van der Waals surface area contributed by atoms with Crippen LogP contribution >= 0.6 is 0 Å². The van der Waals surface area contributed by atoms with E-state index >= 15 is 0 Å². The number of hydrogen-bond acceptors (Lipinski definition) is 1. The van der Waals surface area contributed by atoms with Gasteiger partial charge in [0.05, 0.1) is 0 Å². The van der Waals surface area contributed by atoms with Gasteiger partial charge < -0.3 is 5.32 Å². The molecule has 0 saturated heterocycles. The Morgan fingerprint density at radius 1 is 1.47 bits per heavy atom. The van der Waals surface area contributed by atoms with Gasteiger partial charge in [-0.3, -0.25) is 4.79 Å². The van der Waals surface area contributed by atoms with Crippen LogP contribution in [-0.4, -0.2) is 12.5 Å². The molecule has 0 atom stereocenters. The Balaban J connectivity index is 2.36. The molecule has 0 radical (unpaired) electrons. The molecular weight excluding hydrogens is 186 g/mol. The van der Waals surface area contributed by atoms with E-state index in [0.717, 1.165) is 5.56 Å². The largest absolute Gasteiger partial charge is 0.352 e. The fourth-order valence-corrected chi connectivity index (χ4v) is 2.05. The van der Waals surface area contributed by atoms with Crippen molar-refractivity contribution in [2.75, 3.05) is 6.54 Å². The zero-order chi connectivity index (χ0) is 10.8. The maximum absolute atomic E-state index is 11.8. The van der Waals surface area contributed by atoms with E-state index in [9.17, 15) is 4.79 Å². The Morgan fingerprint density at radius 3 is 2.80 bits per heavy atom. The summed E-state index contributed by atoms with van der Waals surface area (Å²) in [5.41, 5.74) is 3.39. The number of amides is 1. The average Bonchev–Trinajstić information content (AvgIpc) is 3.01. The Labute approximate surface area is 90.7 Å². The van der Waals surface area contributed by atoms with E-state index in [0.29, 0.717) is 12.5 Å². The highest BCUT2D eigenvalue weighted by Crippen LogP contribution is 2.43. The first kappa shape index (κ1) is 10.2. The van der Waals surface area contributed by atoms with E-state index in [1.165, 1.54) is 24.0 Å². The topological polar surface area (TPSA) is 29.1 Å². The van der Waals surface area contributed by atoms with E-state index in [1.807, 2.05) is 19.1 Å². The lowest BCUT2D eigenvalue weighted by Crippen LogP contribution is -2.24. The van der Waals surface area contributed by atoms with Crippen molar-refractivity contribution in [2.24, 2.45) is 0 Å². The van der Waals surface area contributed by atoms with Crippen molar-refractivity contribution in [1.82, 2.24) is 5.32 Å². The highest BCUT2D eigenvalue weighted by atomic mass is 16.1. The molecule has 1 aliphatic rings. The van der Waals surface area contributed by atoms with Gasteiger partial charge in [0.1, 0.15) is 0 Å². The van der Waals surface area contributed by atoms with Crippen LogP contribution in [0, 0.1) is 6.92 Å². The highest BCUT2D eigenvalue weighted by molar-refractivity contribution is 5.96. The van der Waals surface area contributed by atoms with Crippen LogP contribution in [0.2, 0.25) is 0 Å². The fourth-order valence-electron chi connectivity index (χ4n) is 2.05. The molecule has 0 aliphatic heterocycles. The molecule has 1 N–H and O–H groups in total. The van der Waals surface area contributed by atoms with Crippen LogP contribution in [-0.2, 0) is 0 Å². The van der Waals surface area contributed by atoms with Crippen LogP contribution < -0.4 is 5.32 Å². The van der Waals surface area contributed by atoms with Crippen LogP contribution in [0.5, 0.6) is 0 Å². The van der Waals surface area contributed by atoms with E-state index in [1.54, 1.807) is 0 Å². The summed E-state index contributed by atoms with van der Waals surface area (Å²) in [6, 6.07) is 5.99. The molecule has 2 rings (SSSR count). The Bertz CT molecular complexity index is 380. The summed E-state index contributed by atoms with van der Waals surface area (Å²) in [5, 5.41) is 2.87. The molecule has 1 aromatic rings. The lowest BCUT2D eigenvalue weighted by molar-refractivity contribution is 0.0954. The van der Waals surface area contributed by atoms with Gasteiger partial charge in [-0.15, -0.1) is 0 Å². The summed E-state index contributed by atoms with van der Waals surface area (Å²) < 4.78 is 0. The summed E-state index contributed by atoms with van der Waals surface area (Å²) in [7, 11) is 0. The van der Waals surface area contributed by atoms with E-state index in [4.69, 9.17) is 0 Å². The number of carbonyl (C=O) groups is 1. The third-order valence-electron chi connectivity index (χ3n) is 2.89. The van der Waals surface area contributed by atoms with Gasteiger partial charge in [0, 0.05) is 12.1 Å². The molecule has 1 aromatic carbocycles. The van der Waals surface area contributed by atoms with Gasteiger partial charge in [0.2, 0.25) is 0 Å². The van der Waals surface area contributed by atoms with Crippen molar-refractivity contribution >= 4 is 5.91 Å². The molecule has 0 bridgehead atoms. The molecular formula is C13H17NO. The zero-order valence-corrected chi connectivity index (χ0v) is 9.34. The molecule has 0 unspecified atom stereocenters. The van der Waals surface area contributed by atoms with E-state index < -0.39 is 0 Å². The normalized spacial score (nSPS) is 15.1. The second-order valence-corrected chi connectivity index (χ2v) is 4.17. The highest BCUT2D eigenvalue weighted by Gasteiger charge is 2.29. The lowest BCUT2D eigenvalue weighted by atomic mass is 9.97. The van der Waals surface area contributed by atoms with Crippen LogP contribution in [0.4, 0.5) is 0 Å². The summed E-state index contributed by atoms with van der Waals surface area (Å²) >= 11 is 0. The zero-order valence-electron chi connectivity index (χ0n) is 9.34. The number of rotatable bonds is 3. The van der Waals surface area contributed by atoms with Crippen molar-refractivity contribution in [3.05, 3.63) is 34.9 Å². The number of benzene rings is 1. The molecule has 1 saturated carbocycles. The monoisotopic (exact) mass is 203 g/mol. The van der Waals surface area contributed by atoms with Crippen LogP contribution in [0.15, 0.2) is 18.2 Å². The SMILES string of the molecule is CCNC(=O)c1cccc(C)c1C1CC1. The molecule has 0 aromatic heterocycles. The minimum absolute atomic E-state index is 0.0723. The van der Waals surface area contributed by atoms with Crippen LogP contribution in [0.1, 0.15) is 47.2 Å². The molecule has 2 nitrogen and oxygen atoms in total. The van der Waals surface area contributed by atoms with Crippen molar-refractivity contribution < 1.29 is 4.79 Å². The molecule has 1 fully saturated rings. The molecule has 0 heterocycles. The maximum Gasteiger partial charge on any atom is 0.251 e. The smallest absolute Gasteiger partial charge is 0.251 e. The minimum Gasteiger partial charge on any atom is -0.352 e. The standard InChI is InChI=1S/C13H17NO/c1-3-14-13(15)11-6-4-5-9(2)12(11)10-7-8-10/h4-6,10H,3,7-8H2,1-2H3,(H,14,15). The van der Waals surface area contributed by atoms with Gasteiger partial charge >= 0.3 is 0 Å². The van der Waals surface area contributed by atoms with Gasteiger partial charge in [-0.1, -0.05) is 12.1 Å². The summed E-state index contributed by atoms with van der Waals surface area (Å²) in [6.45, 7) is 4.73. The summed E-state index contributed by atoms with van der Waals surface area (Å²) in [4.78, 5) is 11.8. The fraction of sp³-hybridized carbons (Fsp3) is 0.462. The number of carbonyl (C=O) groups excluding carboxylic acids is 1. The molecule has 0 spiro atoms. The second kappa shape index (κ2) is 4.05. The average molecular weight is 203 g/mol. The van der Waals surface area contributed by atoms with Crippen LogP contribution in [0.25, 0.3) is 0 Å². The van der Waals surface area contributed by atoms with Crippen LogP contribution in [0.3, 0.4) is 0 Å². The van der Waals surface area contributed by atoms with Gasteiger partial charge in [-0.25, -0.2) is 0 Å². The van der Waals surface area contributed by atoms with Crippen molar-refractivity contribution in [3.8, 4) is 0 Å². The predicted octanol–water partition coefficient (Wildman–Crippen LogP) is 2.62. The summed E-state index contributed by atoms with van der Waals surface area (Å²) in [6.07, 6.45) is 2.47. The number of aryl methyl sites for hydroxylation is 1. The van der Waals surface area contributed by atoms with Crippen molar-refractivity contribution in [3.63, 3.8) is 0 Å².